The molecule has 0 aliphatic heterocycles. The van der Waals surface area contributed by atoms with Crippen LogP contribution in [-0.4, -0.2) is 11.8 Å². The zero-order chi connectivity index (χ0) is 12.0. The maximum atomic E-state index is 11.5. The van der Waals surface area contributed by atoms with E-state index in [9.17, 15) is 4.79 Å². The quantitative estimate of drug-likeness (QED) is 0.556. The van der Waals surface area contributed by atoms with Crippen molar-refractivity contribution in [3.05, 3.63) is 0 Å². The van der Waals surface area contributed by atoms with E-state index in [0.717, 1.165) is 18.3 Å². The lowest BCUT2D eigenvalue weighted by Crippen LogP contribution is -2.59. The van der Waals surface area contributed by atoms with Gasteiger partial charge in [-0.05, 0) is 62.2 Å². The summed E-state index contributed by atoms with van der Waals surface area (Å²) in [6, 6.07) is 0. The summed E-state index contributed by atoms with van der Waals surface area (Å²) >= 11 is 1.62. The number of carbonyl (C=O) groups is 1. The Kier molecular flexibility index (Phi) is 3.04. The lowest BCUT2D eigenvalue weighted by molar-refractivity contribution is -0.179. The standard InChI is InChI=1S/C13H19IO3/c1-2-13(16-12(15)17-14)10-4-8-3-9(6-10)7-11(13)5-8/h8-11H,2-7H2,1H3. The van der Waals surface area contributed by atoms with Crippen LogP contribution in [0.15, 0.2) is 0 Å². The minimum Gasteiger partial charge on any atom is -0.427 e. The van der Waals surface area contributed by atoms with Crippen molar-refractivity contribution in [2.24, 2.45) is 23.7 Å². The molecule has 4 saturated carbocycles. The highest BCUT2D eigenvalue weighted by Gasteiger charge is 2.58. The highest BCUT2D eigenvalue weighted by Crippen LogP contribution is 2.60. The van der Waals surface area contributed by atoms with E-state index in [4.69, 9.17) is 7.80 Å². The molecule has 4 aliphatic rings. The van der Waals surface area contributed by atoms with Crippen LogP contribution in [0.3, 0.4) is 0 Å². The molecule has 0 atom stereocenters. The number of ether oxygens (including phenoxy) is 1. The van der Waals surface area contributed by atoms with Gasteiger partial charge in [-0.1, -0.05) is 6.92 Å². The van der Waals surface area contributed by atoms with E-state index in [0.29, 0.717) is 11.8 Å². The van der Waals surface area contributed by atoms with Crippen molar-refractivity contribution in [2.45, 2.75) is 51.0 Å². The fraction of sp³-hybridized carbons (Fsp3) is 0.923. The van der Waals surface area contributed by atoms with Crippen LogP contribution < -0.4 is 0 Å². The average Bonchev–Trinajstić information content (AvgIpc) is 2.33. The first kappa shape index (κ1) is 12.1. The van der Waals surface area contributed by atoms with Gasteiger partial charge in [0.2, 0.25) is 0 Å². The van der Waals surface area contributed by atoms with Crippen molar-refractivity contribution in [3.8, 4) is 0 Å². The highest BCUT2D eigenvalue weighted by molar-refractivity contribution is 14.1. The van der Waals surface area contributed by atoms with Gasteiger partial charge in [0.25, 0.3) is 0 Å². The molecule has 0 aromatic rings. The van der Waals surface area contributed by atoms with Gasteiger partial charge in [-0.3, -0.25) is 0 Å². The van der Waals surface area contributed by atoms with Crippen molar-refractivity contribution >= 4 is 29.2 Å². The Morgan fingerprint density at radius 1 is 1.18 bits per heavy atom. The summed E-state index contributed by atoms with van der Waals surface area (Å²) in [5.74, 6) is 2.96. The van der Waals surface area contributed by atoms with Gasteiger partial charge in [0, 0.05) is 0 Å². The first-order chi connectivity index (χ1) is 8.18. The van der Waals surface area contributed by atoms with E-state index in [1.807, 2.05) is 0 Å². The highest BCUT2D eigenvalue weighted by atomic mass is 127. The number of rotatable bonds is 2. The fourth-order valence-electron chi connectivity index (χ4n) is 4.97. The van der Waals surface area contributed by atoms with E-state index in [-0.39, 0.29) is 5.60 Å². The molecule has 0 aromatic carbocycles. The zero-order valence-corrected chi connectivity index (χ0v) is 12.3. The van der Waals surface area contributed by atoms with Crippen LogP contribution in [0.4, 0.5) is 4.79 Å². The van der Waals surface area contributed by atoms with Crippen molar-refractivity contribution < 1.29 is 12.6 Å². The lowest BCUT2D eigenvalue weighted by atomic mass is 9.49. The minimum atomic E-state index is -0.500. The van der Waals surface area contributed by atoms with Crippen LogP contribution in [0.25, 0.3) is 0 Å². The maximum Gasteiger partial charge on any atom is 0.518 e. The summed E-state index contributed by atoms with van der Waals surface area (Å²) in [5, 5.41) is 0. The molecule has 0 saturated heterocycles. The van der Waals surface area contributed by atoms with Crippen LogP contribution in [-0.2, 0) is 7.80 Å². The van der Waals surface area contributed by atoms with Crippen molar-refractivity contribution in [1.29, 1.82) is 0 Å². The minimum absolute atomic E-state index is 0.213. The number of hydrogen-bond donors (Lipinski definition) is 0. The first-order valence-electron chi connectivity index (χ1n) is 6.69. The molecule has 4 aliphatic carbocycles. The lowest BCUT2D eigenvalue weighted by Gasteiger charge is -2.59. The molecule has 0 aromatic heterocycles. The van der Waals surface area contributed by atoms with Gasteiger partial charge in [-0.2, -0.15) is 0 Å². The molecule has 4 fully saturated rings. The van der Waals surface area contributed by atoms with E-state index in [1.165, 1.54) is 32.1 Å². The predicted molar refractivity (Wildman–Crippen MR) is 71.7 cm³/mol. The molecule has 0 unspecified atom stereocenters. The Morgan fingerprint density at radius 2 is 1.71 bits per heavy atom. The SMILES string of the molecule is CCC1(OC(=O)OI)C2CC3CC(C2)CC1C3. The molecule has 4 heteroatoms. The first-order valence-corrected chi connectivity index (χ1v) is 7.57. The summed E-state index contributed by atoms with van der Waals surface area (Å²) in [7, 11) is 0. The van der Waals surface area contributed by atoms with E-state index in [2.05, 4.69) is 6.92 Å². The van der Waals surface area contributed by atoms with Crippen molar-refractivity contribution in [1.82, 2.24) is 0 Å². The van der Waals surface area contributed by atoms with Crippen molar-refractivity contribution in [3.63, 3.8) is 0 Å². The molecular weight excluding hydrogens is 331 g/mol. The summed E-state index contributed by atoms with van der Waals surface area (Å²) in [6.45, 7) is 2.16. The molecule has 0 heterocycles. The zero-order valence-electron chi connectivity index (χ0n) is 10.2. The molecule has 96 valence electrons. The topological polar surface area (TPSA) is 35.5 Å². The van der Waals surface area contributed by atoms with E-state index in [1.54, 1.807) is 23.0 Å². The monoisotopic (exact) mass is 350 g/mol. The van der Waals surface area contributed by atoms with Gasteiger partial charge in [0.15, 0.2) is 23.0 Å². The van der Waals surface area contributed by atoms with Crippen molar-refractivity contribution in [2.75, 3.05) is 0 Å². The van der Waals surface area contributed by atoms with E-state index < -0.39 is 6.16 Å². The van der Waals surface area contributed by atoms with Crippen LogP contribution in [0.1, 0.15) is 45.4 Å². The number of carbonyl (C=O) groups excluding carboxylic acids is 1. The van der Waals surface area contributed by atoms with Gasteiger partial charge in [-0.15, -0.1) is 0 Å². The maximum absolute atomic E-state index is 11.5. The Hall–Kier alpha value is 0. The average molecular weight is 350 g/mol. The van der Waals surface area contributed by atoms with Gasteiger partial charge < -0.3 is 7.80 Å². The smallest absolute Gasteiger partial charge is 0.427 e. The molecule has 0 radical (unpaired) electrons. The van der Waals surface area contributed by atoms with Crippen LogP contribution in [0.2, 0.25) is 0 Å². The Morgan fingerprint density at radius 3 is 2.12 bits per heavy atom. The number of halogens is 1. The molecular formula is C13H19IO3. The largest absolute Gasteiger partial charge is 0.518 e. The molecule has 0 spiro atoms. The second kappa shape index (κ2) is 4.28. The Bertz CT molecular complexity index is 301. The van der Waals surface area contributed by atoms with Gasteiger partial charge in [0.05, 0.1) is 0 Å². The summed E-state index contributed by atoms with van der Waals surface area (Å²) in [4.78, 5) is 11.5. The predicted octanol–water partition coefficient (Wildman–Crippen LogP) is 4.09. The van der Waals surface area contributed by atoms with Gasteiger partial charge >= 0.3 is 6.16 Å². The molecule has 17 heavy (non-hydrogen) atoms. The van der Waals surface area contributed by atoms with Crippen LogP contribution >= 0.6 is 23.0 Å². The summed E-state index contributed by atoms with van der Waals surface area (Å²) in [6.07, 6.45) is 6.90. The summed E-state index contributed by atoms with van der Waals surface area (Å²) < 4.78 is 10.4. The van der Waals surface area contributed by atoms with Gasteiger partial charge in [-0.25, -0.2) is 4.79 Å². The Labute approximate surface area is 116 Å². The second-order valence-corrected chi connectivity index (χ2v) is 6.48. The molecule has 4 bridgehead atoms. The second-order valence-electron chi connectivity index (χ2n) is 6.04. The van der Waals surface area contributed by atoms with Crippen LogP contribution in [0.5, 0.6) is 0 Å². The van der Waals surface area contributed by atoms with E-state index >= 15 is 0 Å². The third kappa shape index (κ3) is 1.78. The van der Waals surface area contributed by atoms with Gasteiger partial charge in [0.1, 0.15) is 5.60 Å². The molecule has 3 nitrogen and oxygen atoms in total. The molecule has 0 N–H and O–H groups in total. The fourth-order valence-corrected chi connectivity index (χ4v) is 5.06. The third-order valence-corrected chi connectivity index (χ3v) is 5.77. The Balaban J connectivity index is 1.86. The number of hydrogen-bond acceptors (Lipinski definition) is 3. The third-order valence-electron chi connectivity index (χ3n) is 5.41. The molecule has 4 rings (SSSR count). The molecule has 0 amide bonds. The van der Waals surface area contributed by atoms with Crippen LogP contribution in [0, 0.1) is 23.7 Å². The summed E-state index contributed by atoms with van der Waals surface area (Å²) in [5.41, 5.74) is -0.213. The normalized spacial score (nSPS) is 46.9.